The van der Waals surface area contributed by atoms with Crippen LogP contribution in [0.25, 0.3) is 0 Å². The molecule has 0 saturated heterocycles. The zero-order valence-corrected chi connectivity index (χ0v) is 11.6. The molecule has 0 radical (unpaired) electrons. The largest absolute Gasteiger partial charge is 0.353 e. The summed E-state index contributed by atoms with van der Waals surface area (Å²) in [4.78, 5) is 35.1. The second kappa shape index (κ2) is 10.5. The molecule has 0 fully saturated rings. The lowest BCUT2D eigenvalue weighted by molar-refractivity contribution is -0.126. The van der Waals surface area contributed by atoms with Crippen LogP contribution in [0.4, 0.5) is 0 Å². The summed E-state index contributed by atoms with van der Waals surface area (Å²) in [5, 5.41) is 5.22. The van der Waals surface area contributed by atoms with Crippen molar-refractivity contribution in [2.45, 2.75) is 6.42 Å². The fourth-order valence-electron chi connectivity index (χ4n) is 1.40. The van der Waals surface area contributed by atoms with E-state index in [4.69, 9.17) is 0 Å². The summed E-state index contributed by atoms with van der Waals surface area (Å²) in [5.41, 5.74) is 0. The van der Waals surface area contributed by atoms with E-state index >= 15 is 0 Å². The van der Waals surface area contributed by atoms with Crippen LogP contribution in [0.2, 0.25) is 0 Å². The van der Waals surface area contributed by atoms with E-state index in [9.17, 15) is 14.4 Å². The molecule has 2 N–H and O–H groups in total. The van der Waals surface area contributed by atoms with E-state index in [1.54, 1.807) is 4.90 Å². The maximum atomic E-state index is 11.6. The Hall–Kier alpha value is -2.37. The van der Waals surface area contributed by atoms with Crippen molar-refractivity contribution < 1.29 is 14.4 Å². The topological polar surface area (TPSA) is 78.5 Å². The Morgan fingerprint density at radius 2 is 1.40 bits per heavy atom. The molecule has 0 aromatic heterocycles. The number of hydrogen-bond donors (Lipinski definition) is 2. The molecule has 0 aromatic rings. The quantitative estimate of drug-likeness (QED) is 0.436. The molecular formula is C14H21N3O3. The van der Waals surface area contributed by atoms with Crippen LogP contribution in [0.3, 0.4) is 0 Å². The third kappa shape index (κ3) is 7.86. The van der Waals surface area contributed by atoms with Gasteiger partial charge < -0.3 is 15.5 Å². The first-order valence-electron chi connectivity index (χ1n) is 6.27. The highest BCUT2D eigenvalue weighted by molar-refractivity contribution is 5.88. The van der Waals surface area contributed by atoms with Crippen molar-refractivity contribution in [1.82, 2.24) is 15.5 Å². The fourth-order valence-corrected chi connectivity index (χ4v) is 1.40. The molecule has 6 nitrogen and oxygen atoms in total. The van der Waals surface area contributed by atoms with Gasteiger partial charge in [-0.2, -0.15) is 0 Å². The molecular weight excluding hydrogens is 258 g/mol. The molecule has 0 bridgehead atoms. The standard InChI is InChI=1S/C14H21N3O3/c1-4-12(18)15-8-7-10-17(14(20)6-3)11-9-16-13(19)5-2/h4-6H,1-3,7-11H2,(H,15,18)(H,16,19). The van der Waals surface area contributed by atoms with Crippen LogP contribution in [0, 0.1) is 0 Å². The SMILES string of the molecule is C=CC(=O)NCCCN(CCNC(=O)C=C)C(=O)C=C. The number of nitrogens with zero attached hydrogens (tertiary/aromatic N) is 1. The second-order valence-electron chi connectivity index (χ2n) is 3.87. The molecule has 0 aliphatic rings. The van der Waals surface area contributed by atoms with E-state index in [2.05, 4.69) is 30.4 Å². The molecule has 110 valence electrons. The van der Waals surface area contributed by atoms with E-state index in [1.165, 1.54) is 18.2 Å². The Kier molecular flexibility index (Phi) is 9.29. The first-order chi connectivity index (χ1) is 9.54. The van der Waals surface area contributed by atoms with Crippen LogP contribution in [0.1, 0.15) is 6.42 Å². The van der Waals surface area contributed by atoms with Crippen molar-refractivity contribution in [2.24, 2.45) is 0 Å². The summed E-state index contributed by atoms with van der Waals surface area (Å²) < 4.78 is 0. The molecule has 0 rings (SSSR count). The highest BCUT2D eigenvalue weighted by atomic mass is 16.2. The highest BCUT2D eigenvalue weighted by Gasteiger charge is 2.09. The van der Waals surface area contributed by atoms with E-state index in [-0.39, 0.29) is 17.7 Å². The monoisotopic (exact) mass is 279 g/mol. The Balaban J connectivity index is 4.08. The van der Waals surface area contributed by atoms with Gasteiger partial charge in [0.25, 0.3) is 0 Å². The lowest BCUT2D eigenvalue weighted by Crippen LogP contribution is -2.39. The molecule has 20 heavy (non-hydrogen) atoms. The Bertz CT molecular complexity index is 391. The normalized spacial score (nSPS) is 9.20. The summed E-state index contributed by atoms with van der Waals surface area (Å²) in [6.45, 7) is 11.7. The van der Waals surface area contributed by atoms with Crippen molar-refractivity contribution in [1.29, 1.82) is 0 Å². The average molecular weight is 279 g/mol. The average Bonchev–Trinajstić information content (AvgIpc) is 2.47. The van der Waals surface area contributed by atoms with E-state index in [1.807, 2.05) is 0 Å². The number of amides is 3. The zero-order chi connectivity index (χ0) is 15.4. The van der Waals surface area contributed by atoms with E-state index < -0.39 is 0 Å². The van der Waals surface area contributed by atoms with Gasteiger partial charge in [-0.1, -0.05) is 19.7 Å². The van der Waals surface area contributed by atoms with Gasteiger partial charge in [0, 0.05) is 26.2 Å². The smallest absolute Gasteiger partial charge is 0.246 e. The molecule has 0 unspecified atom stereocenters. The molecule has 0 spiro atoms. The molecule has 3 amide bonds. The van der Waals surface area contributed by atoms with Crippen LogP contribution in [0.5, 0.6) is 0 Å². The minimum Gasteiger partial charge on any atom is -0.353 e. The third-order valence-corrected chi connectivity index (χ3v) is 2.44. The Morgan fingerprint density at radius 3 is 1.90 bits per heavy atom. The summed E-state index contributed by atoms with van der Waals surface area (Å²) in [7, 11) is 0. The lowest BCUT2D eigenvalue weighted by Gasteiger charge is -2.21. The predicted octanol–water partition coefficient (Wildman–Crippen LogP) is -0.00450. The Morgan fingerprint density at radius 1 is 0.850 bits per heavy atom. The fraction of sp³-hybridized carbons (Fsp3) is 0.357. The molecule has 0 aliphatic heterocycles. The van der Waals surface area contributed by atoms with E-state index in [0.717, 1.165) is 0 Å². The van der Waals surface area contributed by atoms with Gasteiger partial charge in [-0.25, -0.2) is 0 Å². The number of carbonyl (C=O) groups excluding carboxylic acids is 3. The van der Waals surface area contributed by atoms with Gasteiger partial charge in [0.05, 0.1) is 0 Å². The minimum absolute atomic E-state index is 0.215. The predicted molar refractivity (Wildman–Crippen MR) is 77.8 cm³/mol. The number of carbonyl (C=O) groups is 3. The van der Waals surface area contributed by atoms with Crippen LogP contribution in [-0.2, 0) is 14.4 Å². The van der Waals surface area contributed by atoms with Crippen LogP contribution < -0.4 is 10.6 Å². The molecule has 0 heterocycles. The first-order valence-corrected chi connectivity index (χ1v) is 6.27. The summed E-state index contributed by atoms with van der Waals surface area (Å²) >= 11 is 0. The van der Waals surface area contributed by atoms with Gasteiger partial charge in [-0.05, 0) is 24.6 Å². The van der Waals surface area contributed by atoms with Gasteiger partial charge in [0.2, 0.25) is 17.7 Å². The summed E-state index contributed by atoms with van der Waals surface area (Å²) in [6.07, 6.45) is 4.19. The molecule has 0 aromatic carbocycles. The molecule has 0 aliphatic carbocycles. The van der Waals surface area contributed by atoms with Gasteiger partial charge in [-0.3, -0.25) is 14.4 Å². The lowest BCUT2D eigenvalue weighted by atomic mass is 10.3. The minimum atomic E-state index is -0.283. The summed E-state index contributed by atoms with van der Waals surface area (Å²) in [5.74, 6) is -0.744. The third-order valence-electron chi connectivity index (χ3n) is 2.44. The molecule has 0 saturated carbocycles. The van der Waals surface area contributed by atoms with Crippen molar-refractivity contribution in [3.05, 3.63) is 38.0 Å². The van der Waals surface area contributed by atoms with Crippen LogP contribution in [0.15, 0.2) is 38.0 Å². The number of rotatable bonds is 10. The van der Waals surface area contributed by atoms with Crippen molar-refractivity contribution >= 4 is 17.7 Å². The van der Waals surface area contributed by atoms with Crippen LogP contribution >= 0.6 is 0 Å². The van der Waals surface area contributed by atoms with Gasteiger partial charge in [-0.15, -0.1) is 0 Å². The maximum Gasteiger partial charge on any atom is 0.246 e. The molecule has 6 heteroatoms. The van der Waals surface area contributed by atoms with E-state index in [0.29, 0.717) is 32.6 Å². The van der Waals surface area contributed by atoms with Gasteiger partial charge in [0.1, 0.15) is 0 Å². The van der Waals surface area contributed by atoms with Gasteiger partial charge >= 0.3 is 0 Å². The van der Waals surface area contributed by atoms with Crippen molar-refractivity contribution in [2.75, 3.05) is 26.2 Å². The van der Waals surface area contributed by atoms with Gasteiger partial charge in [0.15, 0.2) is 0 Å². The Labute approximate surface area is 119 Å². The van der Waals surface area contributed by atoms with Crippen molar-refractivity contribution in [3.8, 4) is 0 Å². The van der Waals surface area contributed by atoms with Crippen LogP contribution in [-0.4, -0.2) is 48.8 Å². The summed E-state index contributed by atoms with van der Waals surface area (Å²) in [6, 6.07) is 0. The maximum absolute atomic E-state index is 11.6. The zero-order valence-electron chi connectivity index (χ0n) is 11.6. The second-order valence-corrected chi connectivity index (χ2v) is 3.87. The number of hydrogen-bond acceptors (Lipinski definition) is 3. The molecule has 0 atom stereocenters. The first kappa shape index (κ1) is 17.6. The number of nitrogens with one attached hydrogen (secondary N) is 2. The van der Waals surface area contributed by atoms with Crippen molar-refractivity contribution in [3.63, 3.8) is 0 Å². The highest BCUT2D eigenvalue weighted by Crippen LogP contribution is 1.93.